The summed E-state index contributed by atoms with van der Waals surface area (Å²) in [7, 11) is -3.14. The smallest absolute Gasteiger partial charge is 0.254 e. The van der Waals surface area contributed by atoms with Gasteiger partial charge in [0.25, 0.3) is 5.91 Å². The molecule has 0 saturated carbocycles. The van der Waals surface area contributed by atoms with Gasteiger partial charge in [0.05, 0.1) is 16.2 Å². The summed E-state index contributed by atoms with van der Waals surface area (Å²) in [6.45, 7) is 0.360. The first-order chi connectivity index (χ1) is 11.5. The average molecular weight is 347 g/mol. The van der Waals surface area contributed by atoms with E-state index in [2.05, 4.69) is 5.32 Å². The number of benzene rings is 2. The molecule has 2 aromatic carbocycles. The Kier molecular flexibility index (Phi) is 4.66. The van der Waals surface area contributed by atoms with Gasteiger partial charge in [-0.1, -0.05) is 24.3 Å². The van der Waals surface area contributed by atoms with Crippen molar-refractivity contribution in [2.45, 2.75) is 24.2 Å². The molecule has 0 fully saturated rings. The number of hydrogen-bond acceptors (Lipinski definition) is 3. The molecule has 0 spiro atoms. The number of fused-ring (bicyclic) bond motifs is 1. The van der Waals surface area contributed by atoms with E-state index in [0.29, 0.717) is 24.3 Å². The summed E-state index contributed by atoms with van der Waals surface area (Å²) in [5.74, 6) is -0.791. The Bertz CT molecular complexity index is 878. The Hall–Kier alpha value is -2.21. The van der Waals surface area contributed by atoms with Crippen LogP contribution in [0, 0.1) is 5.82 Å². The van der Waals surface area contributed by atoms with E-state index < -0.39 is 21.6 Å². The molecule has 0 aromatic heterocycles. The zero-order valence-corrected chi connectivity index (χ0v) is 13.9. The predicted molar refractivity (Wildman–Crippen MR) is 89.3 cm³/mol. The van der Waals surface area contributed by atoms with Crippen molar-refractivity contribution in [1.29, 1.82) is 0 Å². The molecule has 4 nitrogen and oxygen atoms in total. The average Bonchev–Trinajstić information content (AvgIpc) is 2.54. The lowest BCUT2D eigenvalue weighted by molar-refractivity contribution is 0.0950. The summed E-state index contributed by atoms with van der Waals surface area (Å²) < 4.78 is 37.5. The molecule has 1 aliphatic heterocycles. The Balaban J connectivity index is 1.64. The van der Waals surface area contributed by atoms with Crippen LogP contribution in [0.1, 0.15) is 27.9 Å². The molecule has 0 aliphatic carbocycles. The van der Waals surface area contributed by atoms with E-state index in [1.807, 2.05) is 6.07 Å². The highest BCUT2D eigenvalue weighted by atomic mass is 32.2. The fourth-order valence-electron chi connectivity index (χ4n) is 2.91. The zero-order valence-electron chi connectivity index (χ0n) is 13.1. The molecular weight excluding hydrogens is 329 g/mol. The largest absolute Gasteiger partial charge is 0.352 e. The van der Waals surface area contributed by atoms with Crippen LogP contribution in [0.25, 0.3) is 0 Å². The number of carbonyl (C=O) groups excluding carboxylic acids is 1. The maximum Gasteiger partial charge on any atom is 0.254 e. The predicted octanol–water partition coefficient (Wildman–Crippen LogP) is 2.52. The van der Waals surface area contributed by atoms with Crippen LogP contribution in [0.4, 0.5) is 4.39 Å². The number of hydrogen-bond donors (Lipinski definition) is 1. The molecule has 1 amide bonds. The monoisotopic (exact) mass is 347 g/mol. The van der Waals surface area contributed by atoms with Gasteiger partial charge in [-0.2, -0.15) is 0 Å². The van der Waals surface area contributed by atoms with E-state index >= 15 is 0 Å². The molecule has 1 heterocycles. The van der Waals surface area contributed by atoms with E-state index in [9.17, 15) is 17.6 Å². The summed E-state index contributed by atoms with van der Waals surface area (Å²) in [4.78, 5) is 12.4. The molecule has 2 aromatic rings. The topological polar surface area (TPSA) is 63.2 Å². The maximum absolute atomic E-state index is 13.5. The molecular formula is C18H18FNO3S. The zero-order chi connectivity index (χ0) is 17.2. The molecule has 0 radical (unpaired) electrons. The fourth-order valence-corrected chi connectivity index (χ4v) is 4.49. The lowest BCUT2D eigenvalue weighted by Crippen LogP contribution is -2.26. The van der Waals surface area contributed by atoms with Crippen molar-refractivity contribution >= 4 is 15.7 Å². The number of nitrogens with one attached hydrogen (secondary N) is 1. The molecule has 1 aliphatic rings. The first kappa shape index (κ1) is 16.6. The highest BCUT2D eigenvalue weighted by Gasteiger charge is 2.23. The summed E-state index contributed by atoms with van der Waals surface area (Å²) in [6.07, 6.45) is 1.96. The van der Waals surface area contributed by atoms with E-state index in [-0.39, 0.29) is 11.3 Å². The van der Waals surface area contributed by atoms with E-state index in [4.69, 9.17) is 0 Å². The number of amides is 1. The number of carbonyl (C=O) groups is 1. The Morgan fingerprint density at radius 1 is 1.17 bits per heavy atom. The van der Waals surface area contributed by atoms with Gasteiger partial charge in [-0.05, 0) is 48.6 Å². The van der Waals surface area contributed by atoms with Crippen LogP contribution in [0.3, 0.4) is 0 Å². The van der Waals surface area contributed by atoms with Gasteiger partial charge in [-0.3, -0.25) is 4.79 Å². The lowest BCUT2D eigenvalue weighted by atomic mass is 10.0. The van der Waals surface area contributed by atoms with Crippen molar-refractivity contribution < 1.29 is 17.6 Å². The molecule has 24 heavy (non-hydrogen) atoms. The Labute approximate surface area is 140 Å². The van der Waals surface area contributed by atoms with Crippen molar-refractivity contribution in [3.05, 3.63) is 65.0 Å². The summed E-state index contributed by atoms with van der Waals surface area (Å²) in [5.41, 5.74) is 1.83. The van der Waals surface area contributed by atoms with Crippen molar-refractivity contribution in [3.8, 4) is 0 Å². The minimum atomic E-state index is -3.14. The van der Waals surface area contributed by atoms with Gasteiger partial charge in [0.1, 0.15) is 5.82 Å². The highest BCUT2D eigenvalue weighted by molar-refractivity contribution is 7.91. The van der Waals surface area contributed by atoms with Crippen LogP contribution in [0.5, 0.6) is 0 Å². The van der Waals surface area contributed by atoms with Crippen molar-refractivity contribution in [2.24, 2.45) is 0 Å². The second-order valence-corrected chi connectivity index (χ2v) is 7.93. The van der Waals surface area contributed by atoms with Crippen LogP contribution in [-0.2, 0) is 22.7 Å². The van der Waals surface area contributed by atoms with Gasteiger partial charge in [-0.15, -0.1) is 0 Å². The Morgan fingerprint density at radius 3 is 2.75 bits per heavy atom. The maximum atomic E-state index is 13.5. The molecule has 0 saturated heterocycles. The van der Waals surface area contributed by atoms with Crippen molar-refractivity contribution in [3.63, 3.8) is 0 Å². The Morgan fingerprint density at radius 2 is 1.96 bits per heavy atom. The van der Waals surface area contributed by atoms with Crippen molar-refractivity contribution in [1.82, 2.24) is 5.32 Å². The van der Waals surface area contributed by atoms with Gasteiger partial charge in [0.15, 0.2) is 9.84 Å². The molecule has 1 N–H and O–H groups in total. The van der Waals surface area contributed by atoms with Gasteiger partial charge in [0, 0.05) is 6.54 Å². The third-order valence-corrected chi connectivity index (χ3v) is 6.03. The standard InChI is InChI=1S/C18H18FNO3S/c19-16-6-2-1-5-15(16)18(21)20-10-9-13-7-8-17-14(12-13)4-3-11-24(17,22)23/h1-2,5-8,12H,3-4,9-11H2,(H,20,21). The summed E-state index contributed by atoms with van der Waals surface area (Å²) in [6, 6.07) is 11.2. The van der Waals surface area contributed by atoms with Crippen LogP contribution in [0.15, 0.2) is 47.4 Å². The first-order valence-electron chi connectivity index (χ1n) is 7.85. The molecule has 0 unspecified atom stereocenters. The second-order valence-electron chi connectivity index (χ2n) is 5.85. The summed E-state index contributed by atoms with van der Waals surface area (Å²) in [5, 5.41) is 2.69. The number of sulfone groups is 1. The third-order valence-electron chi connectivity index (χ3n) is 4.14. The van der Waals surface area contributed by atoms with Crippen molar-refractivity contribution in [2.75, 3.05) is 12.3 Å². The third kappa shape index (κ3) is 3.48. The SMILES string of the molecule is O=C(NCCc1ccc2c(c1)CCCS2(=O)=O)c1ccccc1F. The van der Waals surface area contributed by atoms with Gasteiger partial charge in [0.2, 0.25) is 0 Å². The number of halogens is 1. The summed E-state index contributed by atoms with van der Waals surface area (Å²) >= 11 is 0. The quantitative estimate of drug-likeness (QED) is 0.924. The lowest BCUT2D eigenvalue weighted by Gasteiger charge is -2.17. The highest BCUT2D eigenvalue weighted by Crippen LogP contribution is 2.25. The molecule has 126 valence electrons. The number of rotatable bonds is 4. The molecule has 6 heteroatoms. The van der Waals surface area contributed by atoms with Crippen LogP contribution < -0.4 is 5.32 Å². The van der Waals surface area contributed by atoms with Gasteiger partial charge < -0.3 is 5.32 Å². The van der Waals surface area contributed by atoms with Crippen LogP contribution in [0.2, 0.25) is 0 Å². The van der Waals surface area contributed by atoms with E-state index in [1.165, 1.54) is 18.2 Å². The molecule has 0 bridgehead atoms. The van der Waals surface area contributed by atoms with E-state index in [0.717, 1.165) is 17.5 Å². The molecule has 3 rings (SSSR count). The molecule has 0 atom stereocenters. The first-order valence-corrected chi connectivity index (χ1v) is 9.50. The minimum absolute atomic E-state index is 0.0223. The minimum Gasteiger partial charge on any atom is -0.352 e. The number of aryl methyl sites for hydroxylation is 1. The fraction of sp³-hybridized carbons (Fsp3) is 0.278. The van der Waals surface area contributed by atoms with Gasteiger partial charge in [-0.25, -0.2) is 12.8 Å². The normalized spacial score (nSPS) is 15.5. The second kappa shape index (κ2) is 6.73. The van der Waals surface area contributed by atoms with E-state index in [1.54, 1.807) is 18.2 Å². The van der Waals surface area contributed by atoms with Crippen LogP contribution >= 0.6 is 0 Å². The van der Waals surface area contributed by atoms with Gasteiger partial charge >= 0.3 is 0 Å². The van der Waals surface area contributed by atoms with Crippen LogP contribution in [-0.4, -0.2) is 26.6 Å².